The highest BCUT2D eigenvalue weighted by Crippen LogP contribution is 2.30. The molecule has 0 aromatic carbocycles. The summed E-state index contributed by atoms with van der Waals surface area (Å²) in [6.45, 7) is 4.70. The van der Waals surface area contributed by atoms with Gasteiger partial charge in [-0.05, 0) is 12.8 Å². The van der Waals surface area contributed by atoms with Crippen LogP contribution in [0.3, 0.4) is 0 Å². The number of amides is 1. The molecular formula is C15H22N6O. The van der Waals surface area contributed by atoms with E-state index in [4.69, 9.17) is 5.73 Å². The van der Waals surface area contributed by atoms with Crippen molar-refractivity contribution < 1.29 is 4.79 Å². The van der Waals surface area contributed by atoms with Crippen LogP contribution < -0.4 is 5.73 Å². The van der Waals surface area contributed by atoms with Crippen LogP contribution in [0.2, 0.25) is 0 Å². The molecule has 1 fully saturated rings. The molecule has 1 amide bonds. The highest BCUT2D eigenvalue weighted by Gasteiger charge is 2.30. The second-order valence-corrected chi connectivity index (χ2v) is 5.70. The number of carbonyl (C=O) groups is 1. The molecule has 0 saturated carbocycles. The van der Waals surface area contributed by atoms with E-state index in [1.807, 2.05) is 16.5 Å². The molecule has 1 atom stereocenters. The molecular weight excluding hydrogens is 280 g/mol. The van der Waals surface area contributed by atoms with Gasteiger partial charge in [-0.3, -0.25) is 4.79 Å². The Morgan fingerprint density at radius 3 is 3.00 bits per heavy atom. The molecule has 0 bridgehead atoms. The number of carbonyl (C=O) groups excluding carboxylic acids is 1. The van der Waals surface area contributed by atoms with Crippen molar-refractivity contribution in [2.24, 2.45) is 5.73 Å². The van der Waals surface area contributed by atoms with Crippen LogP contribution in [0.15, 0.2) is 12.4 Å². The molecule has 1 aliphatic rings. The minimum absolute atomic E-state index is 0.235. The van der Waals surface area contributed by atoms with Gasteiger partial charge in [0.2, 0.25) is 5.91 Å². The SMILES string of the molecule is CCCC(=O)N1CCC(c2nn(CCN)c3nccnc23)C1. The van der Waals surface area contributed by atoms with Crippen molar-refractivity contribution >= 4 is 17.1 Å². The summed E-state index contributed by atoms with van der Waals surface area (Å²) >= 11 is 0. The molecule has 0 aliphatic carbocycles. The van der Waals surface area contributed by atoms with Gasteiger partial charge < -0.3 is 10.6 Å². The number of hydrogen-bond donors (Lipinski definition) is 1. The maximum atomic E-state index is 12.0. The zero-order valence-corrected chi connectivity index (χ0v) is 12.9. The van der Waals surface area contributed by atoms with Gasteiger partial charge in [0.25, 0.3) is 0 Å². The fraction of sp³-hybridized carbons (Fsp3) is 0.600. The molecule has 1 aliphatic heterocycles. The minimum atomic E-state index is 0.235. The standard InChI is InChI=1S/C15H22N6O/c1-2-3-12(22)20-8-4-11(10-20)13-14-15(18-7-6-17-14)21(19-13)9-5-16/h6-7,11H,2-5,8-10,16H2,1H3. The van der Waals surface area contributed by atoms with Gasteiger partial charge in [-0.25, -0.2) is 14.6 Å². The van der Waals surface area contributed by atoms with Crippen molar-refractivity contribution in [2.45, 2.75) is 38.6 Å². The molecule has 22 heavy (non-hydrogen) atoms. The number of rotatable bonds is 5. The van der Waals surface area contributed by atoms with Crippen LogP contribution in [-0.2, 0) is 11.3 Å². The average Bonchev–Trinajstić information content (AvgIpc) is 3.13. The molecule has 7 nitrogen and oxygen atoms in total. The maximum absolute atomic E-state index is 12.0. The second-order valence-electron chi connectivity index (χ2n) is 5.70. The molecule has 3 heterocycles. The van der Waals surface area contributed by atoms with Crippen LogP contribution in [0.1, 0.15) is 37.8 Å². The van der Waals surface area contributed by atoms with Gasteiger partial charge in [0.05, 0.1) is 12.2 Å². The molecule has 2 aromatic rings. The fourth-order valence-corrected chi connectivity index (χ4v) is 3.06. The van der Waals surface area contributed by atoms with Crippen LogP contribution in [0.5, 0.6) is 0 Å². The van der Waals surface area contributed by atoms with Crippen LogP contribution >= 0.6 is 0 Å². The Balaban J connectivity index is 1.86. The van der Waals surface area contributed by atoms with Crippen molar-refractivity contribution in [3.63, 3.8) is 0 Å². The molecule has 1 saturated heterocycles. The summed E-state index contributed by atoms with van der Waals surface area (Å²) in [4.78, 5) is 22.8. The van der Waals surface area contributed by atoms with Gasteiger partial charge in [0.15, 0.2) is 5.65 Å². The topological polar surface area (TPSA) is 89.9 Å². The lowest BCUT2D eigenvalue weighted by Crippen LogP contribution is -2.28. The summed E-state index contributed by atoms with van der Waals surface area (Å²) in [5.41, 5.74) is 8.21. The highest BCUT2D eigenvalue weighted by molar-refractivity contribution is 5.77. The predicted molar refractivity (Wildman–Crippen MR) is 83.2 cm³/mol. The second kappa shape index (κ2) is 6.39. The maximum Gasteiger partial charge on any atom is 0.222 e. The smallest absolute Gasteiger partial charge is 0.222 e. The monoisotopic (exact) mass is 302 g/mol. The quantitative estimate of drug-likeness (QED) is 0.886. The Labute approximate surface area is 129 Å². The third-order valence-corrected chi connectivity index (χ3v) is 4.13. The summed E-state index contributed by atoms with van der Waals surface area (Å²) in [5, 5.41) is 4.67. The van der Waals surface area contributed by atoms with Crippen LogP contribution in [0.4, 0.5) is 0 Å². The van der Waals surface area contributed by atoms with Gasteiger partial charge in [0.1, 0.15) is 5.52 Å². The number of hydrogen-bond acceptors (Lipinski definition) is 5. The summed E-state index contributed by atoms with van der Waals surface area (Å²) < 4.78 is 1.83. The van der Waals surface area contributed by atoms with E-state index in [0.29, 0.717) is 19.5 Å². The molecule has 2 aromatic heterocycles. The van der Waals surface area contributed by atoms with Gasteiger partial charge in [-0.15, -0.1) is 0 Å². The minimum Gasteiger partial charge on any atom is -0.342 e. The molecule has 0 spiro atoms. The van der Waals surface area contributed by atoms with Crippen molar-refractivity contribution in [3.8, 4) is 0 Å². The van der Waals surface area contributed by atoms with Crippen LogP contribution in [0.25, 0.3) is 11.2 Å². The first-order valence-corrected chi connectivity index (χ1v) is 7.89. The first-order valence-electron chi connectivity index (χ1n) is 7.89. The van der Waals surface area contributed by atoms with Gasteiger partial charge >= 0.3 is 0 Å². The van der Waals surface area contributed by atoms with E-state index in [2.05, 4.69) is 15.1 Å². The summed E-state index contributed by atoms with van der Waals surface area (Å²) in [7, 11) is 0. The van der Waals surface area contributed by atoms with E-state index in [-0.39, 0.29) is 11.8 Å². The molecule has 0 radical (unpaired) electrons. The lowest BCUT2D eigenvalue weighted by molar-refractivity contribution is -0.130. The first kappa shape index (κ1) is 14.9. The Bertz CT molecular complexity index is 667. The molecule has 7 heteroatoms. The van der Waals surface area contributed by atoms with Gasteiger partial charge in [-0.1, -0.05) is 6.92 Å². The Kier molecular flexibility index (Phi) is 4.33. The number of nitrogens with zero attached hydrogens (tertiary/aromatic N) is 5. The van der Waals surface area contributed by atoms with Crippen molar-refractivity contribution in [1.29, 1.82) is 0 Å². The van der Waals surface area contributed by atoms with E-state index in [1.54, 1.807) is 12.4 Å². The number of nitrogens with two attached hydrogens (primary N) is 1. The van der Waals surface area contributed by atoms with Gasteiger partial charge in [0, 0.05) is 44.4 Å². The fourth-order valence-electron chi connectivity index (χ4n) is 3.06. The van der Waals surface area contributed by atoms with Crippen molar-refractivity contribution in [3.05, 3.63) is 18.1 Å². The van der Waals surface area contributed by atoms with Crippen molar-refractivity contribution in [1.82, 2.24) is 24.6 Å². The number of fused-ring (bicyclic) bond motifs is 1. The lowest BCUT2D eigenvalue weighted by atomic mass is 10.0. The number of aromatic nitrogens is 4. The van der Waals surface area contributed by atoms with E-state index in [9.17, 15) is 4.79 Å². The van der Waals surface area contributed by atoms with E-state index < -0.39 is 0 Å². The zero-order valence-electron chi connectivity index (χ0n) is 12.9. The molecule has 1 unspecified atom stereocenters. The normalized spacial score (nSPS) is 18.3. The first-order chi connectivity index (χ1) is 10.7. The number of likely N-dealkylation sites (tertiary alicyclic amines) is 1. The van der Waals surface area contributed by atoms with E-state index in [0.717, 1.165) is 42.8 Å². The van der Waals surface area contributed by atoms with Gasteiger partial charge in [-0.2, -0.15) is 5.10 Å². The Morgan fingerprint density at radius 2 is 2.23 bits per heavy atom. The van der Waals surface area contributed by atoms with Crippen LogP contribution in [0, 0.1) is 0 Å². The van der Waals surface area contributed by atoms with Crippen molar-refractivity contribution in [2.75, 3.05) is 19.6 Å². The summed E-state index contributed by atoms with van der Waals surface area (Å²) in [5.74, 6) is 0.473. The molecule has 3 rings (SSSR count). The Hall–Kier alpha value is -2.02. The Morgan fingerprint density at radius 1 is 1.41 bits per heavy atom. The van der Waals surface area contributed by atoms with Crippen LogP contribution in [-0.4, -0.2) is 50.2 Å². The third kappa shape index (κ3) is 2.68. The molecule has 2 N–H and O–H groups in total. The van der Waals surface area contributed by atoms with E-state index >= 15 is 0 Å². The average molecular weight is 302 g/mol. The highest BCUT2D eigenvalue weighted by atomic mass is 16.2. The predicted octanol–water partition coefficient (Wildman–Crippen LogP) is 0.901. The largest absolute Gasteiger partial charge is 0.342 e. The third-order valence-electron chi connectivity index (χ3n) is 4.13. The van der Waals surface area contributed by atoms with E-state index in [1.165, 1.54) is 0 Å². The summed E-state index contributed by atoms with van der Waals surface area (Å²) in [6, 6.07) is 0. The summed E-state index contributed by atoms with van der Waals surface area (Å²) in [6.07, 6.45) is 5.80. The zero-order chi connectivity index (χ0) is 15.5. The lowest BCUT2D eigenvalue weighted by Gasteiger charge is -2.15. The molecule has 118 valence electrons.